The van der Waals surface area contributed by atoms with Crippen LogP contribution in [0.1, 0.15) is 13.8 Å². The minimum Gasteiger partial charge on any atom is -0.323 e. The Morgan fingerprint density at radius 2 is 2.26 bits per heavy atom. The number of aromatic nitrogens is 1. The smallest absolute Gasteiger partial charge is 0.247 e. The number of hydrazine groups is 1. The zero-order valence-electron chi connectivity index (χ0n) is 10.9. The van der Waals surface area contributed by atoms with E-state index in [4.69, 9.17) is 5.84 Å². The molecule has 0 aromatic carbocycles. The highest BCUT2D eigenvalue weighted by molar-refractivity contribution is 8.00. The summed E-state index contributed by atoms with van der Waals surface area (Å²) in [6.07, 6.45) is 2.84. The highest BCUT2D eigenvalue weighted by atomic mass is 32.2. The van der Waals surface area contributed by atoms with Crippen molar-refractivity contribution < 1.29 is 8.42 Å². The number of nitrogens with two attached hydrogens (primary N) is 1. The van der Waals surface area contributed by atoms with Crippen molar-refractivity contribution in [1.82, 2.24) is 9.29 Å². The molecule has 0 amide bonds. The number of rotatable bonds is 3. The second-order valence-corrected chi connectivity index (χ2v) is 7.79. The van der Waals surface area contributed by atoms with Gasteiger partial charge in [0.25, 0.3) is 0 Å². The maximum Gasteiger partial charge on any atom is 0.247 e. The van der Waals surface area contributed by atoms with Gasteiger partial charge in [-0.3, -0.25) is 10.8 Å². The number of pyridine rings is 1. The van der Waals surface area contributed by atoms with E-state index in [1.165, 1.54) is 16.7 Å². The van der Waals surface area contributed by atoms with Crippen molar-refractivity contribution in [3.05, 3.63) is 18.5 Å². The van der Waals surface area contributed by atoms with Gasteiger partial charge in [0.2, 0.25) is 10.0 Å². The summed E-state index contributed by atoms with van der Waals surface area (Å²) in [6.45, 7) is 4.49. The molecule has 2 atom stereocenters. The van der Waals surface area contributed by atoms with Crippen LogP contribution in [0.25, 0.3) is 0 Å². The fourth-order valence-electron chi connectivity index (χ4n) is 2.08. The van der Waals surface area contributed by atoms with Crippen LogP contribution in [-0.2, 0) is 10.0 Å². The van der Waals surface area contributed by atoms with Crippen molar-refractivity contribution >= 4 is 27.5 Å². The predicted octanol–water partition coefficient (Wildman–Crippen LogP) is 0.882. The lowest BCUT2D eigenvalue weighted by molar-refractivity contribution is 0.340. The monoisotopic (exact) mass is 302 g/mol. The minimum absolute atomic E-state index is 0.0467. The highest BCUT2D eigenvalue weighted by Gasteiger charge is 2.36. The van der Waals surface area contributed by atoms with Crippen LogP contribution < -0.4 is 11.3 Å². The first kappa shape index (κ1) is 14.6. The van der Waals surface area contributed by atoms with Gasteiger partial charge < -0.3 is 5.43 Å². The molecule has 1 fully saturated rings. The summed E-state index contributed by atoms with van der Waals surface area (Å²) in [5.41, 5.74) is 2.78. The van der Waals surface area contributed by atoms with E-state index in [1.807, 2.05) is 13.8 Å². The van der Waals surface area contributed by atoms with Gasteiger partial charge >= 0.3 is 0 Å². The van der Waals surface area contributed by atoms with E-state index in [2.05, 4.69) is 10.4 Å². The molecule has 8 heteroatoms. The molecule has 6 nitrogen and oxygen atoms in total. The number of hydrogen-bond acceptors (Lipinski definition) is 6. The molecule has 0 radical (unpaired) electrons. The Morgan fingerprint density at radius 3 is 2.95 bits per heavy atom. The zero-order chi connectivity index (χ0) is 14.0. The highest BCUT2D eigenvalue weighted by Crippen LogP contribution is 2.31. The van der Waals surface area contributed by atoms with Crippen LogP contribution >= 0.6 is 11.8 Å². The Balaban J connectivity index is 2.42. The first-order valence-corrected chi connectivity index (χ1v) is 8.51. The van der Waals surface area contributed by atoms with Crippen LogP contribution in [0.4, 0.5) is 5.69 Å². The molecule has 0 saturated carbocycles. The van der Waals surface area contributed by atoms with E-state index in [0.717, 1.165) is 5.75 Å². The van der Waals surface area contributed by atoms with Gasteiger partial charge in [0, 0.05) is 36.0 Å². The second-order valence-electron chi connectivity index (χ2n) is 4.45. The molecule has 1 aliphatic heterocycles. The Kier molecular flexibility index (Phi) is 4.34. The molecule has 1 saturated heterocycles. The van der Waals surface area contributed by atoms with Gasteiger partial charge in [0.05, 0.1) is 5.69 Å². The van der Waals surface area contributed by atoms with Crippen LogP contribution in [0.3, 0.4) is 0 Å². The summed E-state index contributed by atoms with van der Waals surface area (Å²) >= 11 is 1.79. The molecule has 1 aromatic heterocycles. The summed E-state index contributed by atoms with van der Waals surface area (Å²) in [5, 5.41) is 0.273. The fourth-order valence-corrected chi connectivity index (χ4v) is 5.17. The van der Waals surface area contributed by atoms with Crippen molar-refractivity contribution in [2.45, 2.75) is 30.0 Å². The van der Waals surface area contributed by atoms with Gasteiger partial charge in [-0.05, 0) is 13.0 Å². The molecule has 1 aliphatic rings. The molecular weight excluding hydrogens is 284 g/mol. The normalized spacial score (nSPS) is 25.2. The van der Waals surface area contributed by atoms with E-state index in [9.17, 15) is 8.42 Å². The van der Waals surface area contributed by atoms with Crippen molar-refractivity contribution in [1.29, 1.82) is 0 Å². The number of sulfonamides is 1. The molecule has 0 bridgehead atoms. The first-order valence-electron chi connectivity index (χ1n) is 6.02. The summed E-state index contributed by atoms with van der Waals surface area (Å²) in [5.74, 6) is 6.18. The number of anilines is 1. The molecule has 0 aliphatic carbocycles. The van der Waals surface area contributed by atoms with Crippen molar-refractivity contribution in [3.8, 4) is 0 Å². The molecule has 106 valence electrons. The second kappa shape index (κ2) is 5.66. The van der Waals surface area contributed by atoms with Gasteiger partial charge in [-0.15, -0.1) is 0 Å². The van der Waals surface area contributed by atoms with Crippen molar-refractivity contribution in [2.75, 3.05) is 17.7 Å². The number of hydrogen-bond donors (Lipinski definition) is 2. The summed E-state index contributed by atoms with van der Waals surface area (Å²) in [4.78, 5) is 4.02. The average Bonchev–Trinajstić information content (AvgIpc) is 2.41. The maximum absolute atomic E-state index is 12.7. The van der Waals surface area contributed by atoms with E-state index < -0.39 is 10.0 Å². The molecule has 2 unspecified atom stereocenters. The molecule has 1 aromatic rings. The standard InChI is InChI=1S/C11H18N4O2S2/c1-8-9(2)18-6-5-15(8)19(16,17)11-7-13-4-3-10(11)14-12/h3-4,7-9H,5-6,12H2,1-2H3,(H,13,14). The average molecular weight is 302 g/mol. The number of nitrogens with zero attached hydrogens (tertiary/aromatic N) is 2. The lowest BCUT2D eigenvalue weighted by atomic mass is 10.2. The number of nitrogens with one attached hydrogen (secondary N) is 1. The largest absolute Gasteiger partial charge is 0.323 e. The summed E-state index contributed by atoms with van der Waals surface area (Å²) < 4.78 is 26.9. The Bertz CT molecular complexity index is 549. The Morgan fingerprint density at radius 1 is 1.53 bits per heavy atom. The van der Waals surface area contributed by atoms with Gasteiger partial charge in [0.1, 0.15) is 4.90 Å². The third-order valence-corrected chi connectivity index (χ3v) is 6.70. The molecule has 3 N–H and O–H groups in total. The van der Waals surface area contributed by atoms with Gasteiger partial charge in [-0.2, -0.15) is 16.1 Å². The van der Waals surface area contributed by atoms with Gasteiger partial charge in [-0.25, -0.2) is 8.42 Å². The molecule has 2 rings (SSSR count). The Labute approximate surface area is 117 Å². The zero-order valence-corrected chi connectivity index (χ0v) is 12.5. The van der Waals surface area contributed by atoms with Crippen LogP contribution in [-0.4, -0.2) is 41.3 Å². The van der Waals surface area contributed by atoms with Crippen LogP contribution in [0.2, 0.25) is 0 Å². The van der Waals surface area contributed by atoms with E-state index in [1.54, 1.807) is 17.8 Å². The van der Waals surface area contributed by atoms with Gasteiger partial charge in [-0.1, -0.05) is 6.92 Å². The fraction of sp³-hybridized carbons (Fsp3) is 0.545. The third kappa shape index (κ3) is 2.71. The Hall–Kier alpha value is -0.830. The summed E-state index contributed by atoms with van der Waals surface area (Å²) in [7, 11) is -3.57. The maximum atomic E-state index is 12.7. The van der Waals surface area contributed by atoms with Crippen molar-refractivity contribution in [2.24, 2.45) is 5.84 Å². The quantitative estimate of drug-likeness (QED) is 0.636. The van der Waals surface area contributed by atoms with Crippen LogP contribution in [0.5, 0.6) is 0 Å². The van der Waals surface area contributed by atoms with Crippen LogP contribution in [0, 0.1) is 0 Å². The number of thioether (sulfide) groups is 1. The topological polar surface area (TPSA) is 88.3 Å². The SMILES string of the molecule is CC1SCCN(S(=O)(=O)c2cnccc2NN)C1C. The van der Waals surface area contributed by atoms with Crippen LogP contribution in [0.15, 0.2) is 23.4 Å². The number of nitrogen functional groups attached to an aromatic ring is 1. The summed E-state index contributed by atoms with van der Waals surface area (Å²) in [6, 6.07) is 1.51. The first-order chi connectivity index (χ1) is 8.98. The molecule has 19 heavy (non-hydrogen) atoms. The third-order valence-electron chi connectivity index (χ3n) is 3.35. The molecular formula is C11H18N4O2S2. The predicted molar refractivity (Wildman–Crippen MR) is 77.3 cm³/mol. The van der Waals surface area contributed by atoms with E-state index in [0.29, 0.717) is 12.2 Å². The van der Waals surface area contributed by atoms with Crippen molar-refractivity contribution in [3.63, 3.8) is 0 Å². The lowest BCUT2D eigenvalue weighted by Gasteiger charge is -2.36. The lowest BCUT2D eigenvalue weighted by Crippen LogP contribution is -2.48. The molecule has 0 spiro atoms. The minimum atomic E-state index is -3.57. The van der Waals surface area contributed by atoms with E-state index in [-0.39, 0.29) is 16.2 Å². The van der Waals surface area contributed by atoms with E-state index >= 15 is 0 Å². The van der Waals surface area contributed by atoms with Gasteiger partial charge in [0.15, 0.2) is 0 Å². The molecule has 2 heterocycles.